The molecule has 0 saturated carbocycles. The van der Waals surface area contributed by atoms with Crippen LogP contribution in [0.5, 0.6) is 5.75 Å². The van der Waals surface area contributed by atoms with Crippen LogP contribution in [0.25, 0.3) is 0 Å². The van der Waals surface area contributed by atoms with E-state index in [1.807, 2.05) is 39.8 Å². The Balaban J connectivity index is 2.87. The number of hydrogen-bond donors (Lipinski definition) is 1. The molecular formula is C17H25NO4. The SMILES string of the molecule is COC(=O)[C@@H](NC(=O)Cc1c(C)cc(OC)cc1C)C(C)C. The number of benzene rings is 1. The number of methoxy groups -OCH3 is 2. The van der Waals surface area contributed by atoms with Crippen molar-refractivity contribution in [2.45, 2.75) is 40.2 Å². The highest BCUT2D eigenvalue weighted by atomic mass is 16.5. The van der Waals surface area contributed by atoms with Gasteiger partial charge in [-0.25, -0.2) is 4.79 Å². The van der Waals surface area contributed by atoms with E-state index in [2.05, 4.69) is 5.32 Å². The summed E-state index contributed by atoms with van der Waals surface area (Å²) >= 11 is 0. The van der Waals surface area contributed by atoms with Gasteiger partial charge in [-0.3, -0.25) is 4.79 Å². The number of rotatable bonds is 6. The normalized spacial score (nSPS) is 12.0. The Hall–Kier alpha value is -2.04. The predicted octanol–water partition coefficient (Wildman–Crippen LogP) is 2.17. The van der Waals surface area contributed by atoms with Crippen LogP contribution in [0.15, 0.2) is 12.1 Å². The summed E-state index contributed by atoms with van der Waals surface area (Å²) in [5, 5.41) is 2.75. The first-order valence-corrected chi connectivity index (χ1v) is 7.31. The Labute approximate surface area is 132 Å². The fourth-order valence-electron chi connectivity index (χ4n) is 2.36. The molecule has 0 aliphatic heterocycles. The topological polar surface area (TPSA) is 64.6 Å². The second-order valence-corrected chi connectivity index (χ2v) is 5.73. The lowest BCUT2D eigenvalue weighted by Crippen LogP contribution is -2.45. The highest BCUT2D eigenvalue weighted by Crippen LogP contribution is 2.22. The summed E-state index contributed by atoms with van der Waals surface area (Å²) in [6, 6.07) is 3.17. The molecule has 122 valence electrons. The zero-order chi connectivity index (χ0) is 16.9. The molecule has 0 saturated heterocycles. The summed E-state index contributed by atoms with van der Waals surface area (Å²) in [4.78, 5) is 24.0. The van der Waals surface area contributed by atoms with Gasteiger partial charge < -0.3 is 14.8 Å². The zero-order valence-electron chi connectivity index (χ0n) is 14.1. The molecule has 0 heterocycles. The number of hydrogen-bond acceptors (Lipinski definition) is 4. The molecule has 22 heavy (non-hydrogen) atoms. The van der Waals surface area contributed by atoms with Crippen molar-refractivity contribution in [3.05, 3.63) is 28.8 Å². The van der Waals surface area contributed by atoms with Crippen molar-refractivity contribution >= 4 is 11.9 Å². The Kier molecular flexibility index (Phi) is 6.40. The molecule has 0 unspecified atom stereocenters. The van der Waals surface area contributed by atoms with E-state index in [4.69, 9.17) is 9.47 Å². The Morgan fingerprint density at radius 3 is 2.09 bits per heavy atom. The lowest BCUT2D eigenvalue weighted by atomic mass is 9.98. The van der Waals surface area contributed by atoms with Gasteiger partial charge in [0.25, 0.3) is 0 Å². The number of carbonyl (C=O) groups excluding carboxylic acids is 2. The fourth-order valence-corrected chi connectivity index (χ4v) is 2.36. The maximum Gasteiger partial charge on any atom is 0.328 e. The first-order valence-electron chi connectivity index (χ1n) is 7.31. The standard InChI is InChI=1S/C17H25NO4/c1-10(2)16(17(20)22-6)18-15(19)9-14-11(3)7-13(21-5)8-12(14)4/h7-8,10,16H,9H2,1-6H3,(H,18,19)/t16-/m0/s1. The number of amides is 1. The van der Waals surface area contributed by atoms with Gasteiger partial charge in [-0.1, -0.05) is 13.8 Å². The molecule has 1 aromatic carbocycles. The molecule has 5 nitrogen and oxygen atoms in total. The van der Waals surface area contributed by atoms with Crippen LogP contribution >= 0.6 is 0 Å². The van der Waals surface area contributed by atoms with E-state index in [9.17, 15) is 9.59 Å². The maximum absolute atomic E-state index is 12.3. The molecule has 0 aliphatic carbocycles. The lowest BCUT2D eigenvalue weighted by molar-refractivity contribution is -0.146. The molecule has 0 fully saturated rings. The molecule has 0 bridgehead atoms. The molecule has 1 rings (SSSR count). The average molecular weight is 307 g/mol. The van der Waals surface area contributed by atoms with Crippen LogP contribution in [-0.2, 0) is 20.7 Å². The quantitative estimate of drug-likeness (QED) is 0.818. The summed E-state index contributed by atoms with van der Waals surface area (Å²) < 4.78 is 9.95. The van der Waals surface area contributed by atoms with E-state index >= 15 is 0 Å². The van der Waals surface area contributed by atoms with Gasteiger partial charge in [0.1, 0.15) is 11.8 Å². The van der Waals surface area contributed by atoms with E-state index < -0.39 is 12.0 Å². The van der Waals surface area contributed by atoms with Gasteiger partial charge in [0.15, 0.2) is 0 Å². The molecule has 0 aromatic heterocycles. The van der Waals surface area contributed by atoms with Crippen LogP contribution in [0.3, 0.4) is 0 Å². The zero-order valence-corrected chi connectivity index (χ0v) is 14.1. The molecule has 1 amide bonds. The number of aryl methyl sites for hydroxylation is 2. The first-order chi connectivity index (χ1) is 10.3. The van der Waals surface area contributed by atoms with Gasteiger partial charge in [0.05, 0.1) is 20.6 Å². The largest absolute Gasteiger partial charge is 0.497 e. The lowest BCUT2D eigenvalue weighted by Gasteiger charge is -2.20. The van der Waals surface area contributed by atoms with Gasteiger partial charge in [-0.2, -0.15) is 0 Å². The van der Waals surface area contributed by atoms with Crippen molar-refractivity contribution in [3.8, 4) is 5.75 Å². The fraction of sp³-hybridized carbons (Fsp3) is 0.529. The third kappa shape index (κ3) is 4.48. The third-order valence-electron chi connectivity index (χ3n) is 3.68. The smallest absolute Gasteiger partial charge is 0.328 e. The van der Waals surface area contributed by atoms with E-state index in [1.54, 1.807) is 7.11 Å². The molecule has 5 heteroatoms. The van der Waals surface area contributed by atoms with Crippen LogP contribution in [0.2, 0.25) is 0 Å². The van der Waals surface area contributed by atoms with E-state index in [-0.39, 0.29) is 18.2 Å². The predicted molar refractivity (Wildman–Crippen MR) is 85.0 cm³/mol. The van der Waals surface area contributed by atoms with Gasteiger partial charge in [-0.15, -0.1) is 0 Å². The van der Waals surface area contributed by atoms with Crippen molar-refractivity contribution in [2.75, 3.05) is 14.2 Å². The van der Waals surface area contributed by atoms with Crippen LogP contribution in [0, 0.1) is 19.8 Å². The summed E-state index contributed by atoms with van der Waals surface area (Å²) in [6.45, 7) is 7.62. The molecular weight excluding hydrogens is 282 g/mol. The van der Waals surface area contributed by atoms with E-state index in [0.717, 1.165) is 22.4 Å². The first kappa shape index (κ1) is 18.0. The van der Waals surface area contributed by atoms with Crippen molar-refractivity contribution in [1.29, 1.82) is 0 Å². The Bertz CT molecular complexity index is 529. The monoisotopic (exact) mass is 307 g/mol. The minimum Gasteiger partial charge on any atom is -0.497 e. The highest BCUT2D eigenvalue weighted by Gasteiger charge is 2.25. The summed E-state index contributed by atoms with van der Waals surface area (Å²) in [5.74, 6) is 0.121. The molecule has 0 radical (unpaired) electrons. The minimum atomic E-state index is -0.628. The van der Waals surface area contributed by atoms with Crippen molar-refractivity contribution in [2.24, 2.45) is 5.92 Å². The molecule has 1 atom stereocenters. The van der Waals surface area contributed by atoms with Crippen LogP contribution < -0.4 is 10.1 Å². The van der Waals surface area contributed by atoms with Crippen LogP contribution in [0.4, 0.5) is 0 Å². The highest BCUT2D eigenvalue weighted by molar-refractivity contribution is 5.86. The van der Waals surface area contributed by atoms with Gasteiger partial charge in [-0.05, 0) is 48.6 Å². The summed E-state index contributed by atoms with van der Waals surface area (Å²) in [5.41, 5.74) is 2.93. The minimum absolute atomic E-state index is 0.0329. The second-order valence-electron chi connectivity index (χ2n) is 5.73. The molecule has 0 spiro atoms. The maximum atomic E-state index is 12.3. The van der Waals surface area contributed by atoms with Gasteiger partial charge in [0.2, 0.25) is 5.91 Å². The van der Waals surface area contributed by atoms with E-state index in [1.165, 1.54) is 7.11 Å². The molecule has 0 aliphatic rings. The van der Waals surface area contributed by atoms with Crippen LogP contribution in [0.1, 0.15) is 30.5 Å². The summed E-state index contributed by atoms with van der Waals surface area (Å²) in [7, 11) is 2.94. The van der Waals surface area contributed by atoms with Gasteiger partial charge >= 0.3 is 5.97 Å². The van der Waals surface area contributed by atoms with Crippen molar-refractivity contribution < 1.29 is 19.1 Å². The summed E-state index contributed by atoms with van der Waals surface area (Å²) in [6.07, 6.45) is 0.224. The number of esters is 1. The molecule has 1 N–H and O–H groups in total. The van der Waals surface area contributed by atoms with Crippen LogP contribution in [-0.4, -0.2) is 32.1 Å². The van der Waals surface area contributed by atoms with Crippen molar-refractivity contribution in [1.82, 2.24) is 5.32 Å². The molecule has 1 aromatic rings. The van der Waals surface area contributed by atoms with Crippen molar-refractivity contribution in [3.63, 3.8) is 0 Å². The third-order valence-corrected chi connectivity index (χ3v) is 3.68. The Morgan fingerprint density at radius 1 is 1.14 bits per heavy atom. The number of nitrogens with one attached hydrogen (secondary N) is 1. The average Bonchev–Trinajstić information content (AvgIpc) is 2.47. The Morgan fingerprint density at radius 2 is 1.68 bits per heavy atom. The number of ether oxygens (including phenoxy) is 2. The number of carbonyl (C=O) groups is 2. The second kappa shape index (κ2) is 7.82. The van der Waals surface area contributed by atoms with E-state index in [0.29, 0.717) is 0 Å². The van der Waals surface area contributed by atoms with Gasteiger partial charge in [0, 0.05) is 0 Å².